The third-order valence-corrected chi connectivity index (χ3v) is 3.63. The molecule has 0 aliphatic carbocycles. The van der Waals surface area contributed by atoms with Gasteiger partial charge in [0.2, 0.25) is 0 Å². The van der Waals surface area contributed by atoms with Crippen LogP contribution in [0.4, 0.5) is 0 Å². The highest BCUT2D eigenvalue weighted by atomic mass is 127. The highest BCUT2D eigenvalue weighted by Gasteiger charge is 2.07. The molecular formula is C15H16INO. The van der Waals surface area contributed by atoms with Crippen molar-refractivity contribution in [2.24, 2.45) is 5.73 Å². The van der Waals surface area contributed by atoms with Crippen LogP contribution in [0.1, 0.15) is 17.2 Å². The molecule has 0 amide bonds. The lowest BCUT2D eigenvalue weighted by Gasteiger charge is -2.12. The van der Waals surface area contributed by atoms with E-state index in [0.29, 0.717) is 0 Å². The molecule has 0 fully saturated rings. The highest BCUT2D eigenvalue weighted by molar-refractivity contribution is 14.1. The van der Waals surface area contributed by atoms with Gasteiger partial charge in [0.05, 0.1) is 7.11 Å². The Morgan fingerprint density at radius 2 is 1.67 bits per heavy atom. The Morgan fingerprint density at radius 1 is 1.06 bits per heavy atom. The molecule has 0 aromatic heterocycles. The average Bonchev–Trinajstić information content (AvgIpc) is 2.41. The van der Waals surface area contributed by atoms with E-state index >= 15 is 0 Å². The van der Waals surface area contributed by atoms with Gasteiger partial charge in [0.15, 0.2) is 0 Å². The largest absolute Gasteiger partial charge is 0.497 e. The van der Waals surface area contributed by atoms with Crippen molar-refractivity contribution >= 4 is 22.6 Å². The Hall–Kier alpha value is -1.07. The molecule has 94 valence electrons. The Kier molecular flexibility index (Phi) is 4.60. The van der Waals surface area contributed by atoms with E-state index in [1.54, 1.807) is 7.11 Å². The molecule has 2 aromatic rings. The number of hydrogen-bond acceptors (Lipinski definition) is 2. The Labute approximate surface area is 121 Å². The van der Waals surface area contributed by atoms with Crippen LogP contribution in [0, 0.1) is 3.57 Å². The molecule has 0 aliphatic heterocycles. The van der Waals surface area contributed by atoms with Gasteiger partial charge >= 0.3 is 0 Å². The maximum Gasteiger partial charge on any atom is 0.118 e. The average molecular weight is 353 g/mol. The molecule has 1 atom stereocenters. The lowest BCUT2D eigenvalue weighted by Crippen LogP contribution is -2.13. The summed E-state index contributed by atoms with van der Waals surface area (Å²) in [6.07, 6.45) is 0.850. The molecule has 2 aromatic carbocycles. The van der Waals surface area contributed by atoms with Gasteiger partial charge in [-0.1, -0.05) is 24.3 Å². The minimum atomic E-state index is 0.0240. The molecule has 0 aliphatic rings. The zero-order chi connectivity index (χ0) is 13.0. The van der Waals surface area contributed by atoms with Gasteiger partial charge in [-0.2, -0.15) is 0 Å². The maximum absolute atomic E-state index is 6.21. The first kappa shape index (κ1) is 13.4. The van der Waals surface area contributed by atoms with Crippen LogP contribution in [0.25, 0.3) is 0 Å². The number of benzene rings is 2. The third-order valence-electron chi connectivity index (χ3n) is 2.91. The molecule has 18 heavy (non-hydrogen) atoms. The molecular weight excluding hydrogens is 337 g/mol. The Balaban J connectivity index is 2.06. The molecule has 2 rings (SSSR count). The van der Waals surface area contributed by atoms with Crippen molar-refractivity contribution in [2.75, 3.05) is 7.11 Å². The summed E-state index contributed by atoms with van der Waals surface area (Å²) in [5.74, 6) is 0.861. The van der Waals surface area contributed by atoms with Crippen molar-refractivity contribution in [3.8, 4) is 5.75 Å². The standard InChI is InChI=1S/C15H16INO/c1-18-14-8-4-12(5-9-14)15(17)10-11-2-6-13(16)7-3-11/h2-9,15H,10,17H2,1H3. The van der Waals surface area contributed by atoms with Crippen molar-refractivity contribution in [3.63, 3.8) is 0 Å². The molecule has 0 spiro atoms. The van der Waals surface area contributed by atoms with Gasteiger partial charge in [-0.15, -0.1) is 0 Å². The molecule has 3 heteroatoms. The second-order valence-electron chi connectivity index (χ2n) is 4.21. The van der Waals surface area contributed by atoms with Gasteiger partial charge in [0, 0.05) is 9.61 Å². The third kappa shape index (κ3) is 3.46. The number of hydrogen-bond donors (Lipinski definition) is 1. The van der Waals surface area contributed by atoms with Crippen molar-refractivity contribution in [2.45, 2.75) is 12.5 Å². The molecule has 0 radical (unpaired) electrons. The molecule has 0 saturated heterocycles. The summed E-state index contributed by atoms with van der Waals surface area (Å²) >= 11 is 2.30. The van der Waals surface area contributed by atoms with E-state index in [4.69, 9.17) is 10.5 Å². The quantitative estimate of drug-likeness (QED) is 0.854. The minimum Gasteiger partial charge on any atom is -0.497 e. The fourth-order valence-corrected chi connectivity index (χ4v) is 2.20. The fourth-order valence-electron chi connectivity index (χ4n) is 1.84. The molecule has 2 N–H and O–H groups in total. The first-order valence-electron chi connectivity index (χ1n) is 5.83. The summed E-state index contributed by atoms with van der Waals surface area (Å²) in [7, 11) is 1.67. The topological polar surface area (TPSA) is 35.2 Å². The van der Waals surface area contributed by atoms with Gasteiger partial charge in [-0.3, -0.25) is 0 Å². The molecule has 0 saturated carbocycles. The monoisotopic (exact) mass is 353 g/mol. The summed E-state index contributed by atoms with van der Waals surface area (Å²) in [5, 5.41) is 0. The first-order chi connectivity index (χ1) is 8.69. The second-order valence-corrected chi connectivity index (χ2v) is 5.46. The first-order valence-corrected chi connectivity index (χ1v) is 6.91. The zero-order valence-electron chi connectivity index (χ0n) is 10.3. The Bertz CT molecular complexity index is 493. The lowest BCUT2D eigenvalue weighted by molar-refractivity contribution is 0.414. The van der Waals surface area contributed by atoms with E-state index in [1.165, 1.54) is 9.13 Å². The van der Waals surface area contributed by atoms with Crippen LogP contribution in [-0.4, -0.2) is 7.11 Å². The van der Waals surface area contributed by atoms with E-state index < -0.39 is 0 Å². The minimum absolute atomic E-state index is 0.0240. The van der Waals surface area contributed by atoms with Crippen LogP contribution in [0.15, 0.2) is 48.5 Å². The van der Waals surface area contributed by atoms with Crippen molar-refractivity contribution in [1.82, 2.24) is 0 Å². The number of nitrogens with two attached hydrogens (primary N) is 1. The molecule has 0 heterocycles. The normalized spacial score (nSPS) is 12.2. The number of methoxy groups -OCH3 is 1. The van der Waals surface area contributed by atoms with E-state index in [-0.39, 0.29) is 6.04 Å². The summed E-state index contributed by atoms with van der Waals surface area (Å²) in [5.41, 5.74) is 8.61. The SMILES string of the molecule is COc1ccc(C(N)Cc2ccc(I)cc2)cc1. The lowest BCUT2D eigenvalue weighted by atomic mass is 10.00. The van der Waals surface area contributed by atoms with Crippen LogP contribution in [0.2, 0.25) is 0 Å². The van der Waals surface area contributed by atoms with Crippen LogP contribution >= 0.6 is 22.6 Å². The predicted molar refractivity (Wildman–Crippen MR) is 82.8 cm³/mol. The van der Waals surface area contributed by atoms with E-state index in [9.17, 15) is 0 Å². The van der Waals surface area contributed by atoms with E-state index in [2.05, 4.69) is 46.9 Å². The Morgan fingerprint density at radius 3 is 2.22 bits per heavy atom. The molecule has 2 nitrogen and oxygen atoms in total. The molecule has 1 unspecified atom stereocenters. The number of halogens is 1. The van der Waals surface area contributed by atoms with Crippen LogP contribution in [-0.2, 0) is 6.42 Å². The molecule has 0 bridgehead atoms. The predicted octanol–water partition coefficient (Wildman–Crippen LogP) is 3.54. The number of rotatable bonds is 4. The van der Waals surface area contributed by atoms with Gasteiger partial charge in [-0.05, 0) is 64.4 Å². The smallest absolute Gasteiger partial charge is 0.118 e. The van der Waals surface area contributed by atoms with E-state index in [0.717, 1.165) is 17.7 Å². The van der Waals surface area contributed by atoms with Crippen molar-refractivity contribution in [1.29, 1.82) is 0 Å². The zero-order valence-corrected chi connectivity index (χ0v) is 12.4. The summed E-state index contributed by atoms with van der Waals surface area (Å²) in [6, 6.07) is 16.4. The second kappa shape index (κ2) is 6.20. The summed E-state index contributed by atoms with van der Waals surface area (Å²) in [4.78, 5) is 0. The van der Waals surface area contributed by atoms with Gasteiger partial charge in [-0.25, -0.2) is 0 Å². The maximum atomic E-state index is 6.21. The summed E-state index contributed by atoms with van der Waals surface area (Å²) < 4.78 is 6.38. The van der Waals surface area contributed by atoms with Gasteiger partial charge in [0.1, 0.15) is 5.75 Å². The summed E-state index contributed by atoms with van der Waals surface area (Å²) in [6.45, 7) is 0. The van der Waals surface area contributed by atoms with Crippen molar-refractivity contribution in [3.05, 3.63) is 63.2 Å². The fraction of sp³-hybridized carbons (Fsp3) is 0.200. The van der Waals surface area contributed by atoms with Crippen molar-refractivity contribution < 1.29 is 4.74 Å². The van der Waals surface area contributed by atoms with Crippen LogP contribution in [0.3, 0.4) is 0 Å². The van der Waals surface area contributed by atoms with Gasteiger partial charge < -0.3 is 10.5 Å². The van der Waals surface area contributed by atoms with Crippen LogP contribution in [0.5, 0.6) is 5.75 Å². The number of ether oxygens (including phenoxy) is 1. The van der Waals surface area contributed by atoms with Crippen LogP contribution < -0.4 is 10.5 Å². The van der Waals surface area contributed by atoms with E-state index in [1.807, 2.05) is 24.3 Å². The van der Waals surface area contributed by atoms with Gasteiger partial charge in [0.25, 0.3) is 0 Å². The highest BCUT2D eigenvalue weighted by Crippen LogP contribution is 2.19.